The minimum absolute atomic E-state index is 0.0774. The van der Waals surface area contributed by atoms with Crippen molar-refractivity contribution in [2.24, 2.45) is 5.73 Å². The van der Waals surface area contributed by atoms with E-state index in [2.05, 4.69) is 10.3 Å². The van der Waals surface area contributed by atoms with Crippen molar-refractivity contribution in [1.29, 1.82) is 0 Å². The molecule has 0 bridgehead atoms. The zero-order valence-electron chi connectivity index (χ0n) is 18.6. The van der Waals surface area contributed by atoms with Crippen LogP contribution in [0.1, 0.15) is 21.5 Å². The summed E-state index contributed by atoms with van der Waals surface area (Å²) in [6, 6.07) is 16.7. The Morgan fingerprint density at radius 1 is 1.06 bits per heavy atom. The summed E-state index contributed by atoms with van der Waals surface area (Å²) in [7, 11) is 1.54. The molecular weight excluding hydrogens is 461 g/mol. The lowest BCUT2D eigenvalue weighted by molar-refractivity contribution is -0.137. The number of hydrogen-bond acceptors (Lipinski definition) is 4. The number of methoxy groups -OCH3 is 1. The first-order valence-electron chi connectivity index (χ1n) is 10.5. The molecule has 0 spiro atoms. The van der Waals surface area contributed by atoms with E-state index in [1.807, 2.05) is 6.07 Å². The van der Waals surface area contributed by atoms with Gasteiger partial charge in [-0.1, -0.05) is 24.3 Å². The van der Waals surface area contributed by atoms with E-state index >= 15 is 0 Å². The molecule has 10 heteroatoms. The molecule has 7 nitrogen and oxygen atoms in total. The number of imidazole rings is 1. The van der Waals surface area contributed by atoms with Crippen molar-refractivity contribution in [3.8, 4) is 17.1 Å². The average molecular weight is 482 g/mol. The summed E-state index contributed by atoms with van der Waals surface area (Å²) in [5.41, 5.74) is 6.99. The summed E-state index contributed by atoms with van der Waals surface area (Å²) in [5.74, 6) is 0.0436. The molecule has 0 aliphatic rings. The minimum Gasteiger partial charge on any atom is -0.497 e. The molecule has 3 aromatic carbocycles. The van der Waals surface area contributed by atoms with E-state index in [0.717, 1.165) is 12.1 Å². The smallest absolute Gasteiger partial charge is 0.416 e. The number of halogens is 3. The number of benzene rings is 3. The number of primary amides is 1. The van der Waals surface area contributed by atoms with Crippen molar-refractivity contribution < 1.29 is 27.5 Å². The fourth-order valence-corrected chi connectivity index (χ4v) is 3.71. The molecule has 4 aromatic rings. The Kier molecular flexibility index (Phi) is 6.46. The number of nitrogens with one attached hydrogen (secondary N) is 1. The van der Waals surface area contributed by atoms with E-state index in [9.17, 15) is 22.8 Å². The lowest BCUT2D eigenvalue weighted by Gasteiger charge is -2.10. The van der Waals surface area contributed by atoms with Crippen molar-refractivity contribution in [3.63, 3.8) is 0 Å². The SMILES string of the molecule is COc1cccc(-c2nc3cc(C(=O)NCc4cccc(C(F)(F)F)c4)ccc3n2CC(N)=O)c1. The normalized spacial score (nSPS) is 11.4. The molecule has 0 atom stereocenters. The van der Waals surface area contributed by atoms with Gasteiger partial charge in [0.25, 0.3) is 5.91 Å². The van der Waals surface area contributed by atoms with Crippen molar-refractivity contribution in [1.82, 2.24) is 14.9 Å². The van der Waals surface area contributed by atoms with Crippen LogP contribution in [0.4, 0.5) is 13.2 Å². The van der Waals surface area contributed by atoms with Gasteiger partial charge >= 0.3 is 6.18 Å². The minimum atomic E-state index is -4.46. The number of carbonyl (C=O) groups is 2. The number of ether oxygens (including phenoxy) is 1. The number of fused-ring (bicyclic) bond motifs is 1. The Balaban J connectivity index is 1.62. The van der Waals surface area contributed by atoms with Gasteiger partial charge < -0.3 is 20.4 Å². The summed E-state index contributed by atoms with van der Waals surface area (Å²) in [6.45, 7) is -0.198. The fourth-order valence-electron chi connectivity index (χ4n) is 3.71. The van der Waals surface area contributed by atoms with Crippen molar-refractivity contribution in [2.75, 3.05) is 7.11 Å². The van der Waals surface area contributed by atoms with Gasteiger partial charge in [-0.3, -0.25) is 9.59 Å². The van der Waals surface area contributed by atoms with Gasteiger partial charge in [-0.2, -0.15) is 13.2 Å². The maximum Gasteiger partial charge on any atom is 0.416 e. The highest BCUT2D eigenvalue weighted by Gasteiger charge is 2.30. The topological polar surface area (TPSA) is 99.2 Å². The van der Waals surface area contributed by atoms with Crippen LogP contribution in [0, 0.1) is 0 Å². The molecule has 0 aliphatic carbocycles. The quantitative estimate of drug-likeness (QED) is 0.414. The lowest BCUT2D eigenvalue weighted by Crippen LogP contribution is -2.23. The van der Waals surface area contributed by atoms with Crippen LogP contribution in [-0.4, -0.2) is 28.5 Å². The van der Waals surface area contributed by atoms with Crippen molar-refractivity contribution in [3.05, 3.63) is 83.4 Å². The molecule has 0 fully saturated rings. The Morgan fingerprint density at radius 2 is 1.83 bits per heavy atom. The lowest BCUT2D eigenvalue weighted by atomic mass is 10.1. The van der Waals surface area contributed by atoms with E-state index in [1.165, 1.54) is 19.2 Å². The Morgan fingerprint density at radius 3 is 2.54 bits per heavy atom. The molecule has 0 saturated carbocycles. The number of nitrogens with two attached hydrogens (primary N) is 1. The average Bonchev–Trinajstić information content (AvgIpc) is 3.19. The highest BCUT2D eigenvalue weighted by molar-refractivity contribution is 5.98. The first-order chi connectivity index (χ1) is 16.7. The molecule has 35 heavy (non-hydrogen) atoms. The fraction of sp³-hybridized carbons (Fsp3) is 0.160. The highest BCUT2D eigenvalue weighted by Crippen LogP contribution is 2.30. The van der Waals surface area contributed by atoms with Gasteiger partial charge in [-0.25, -0.2) is 4.98 Å². The van der Waals surface area contributed by atoms with Crippen LogP contribution in [-0.2, 0) is 24.1 Å². The molecule has 0 radical (unpaired) electrons. The number of amides is 2. The first kappa shape index (κ1) is 23.8. The van der Waals surface area contributed by atoms with Gasteiger partial charge in [0.1, 0.15) is 18.1 Å². The number of carbonyl (C=O) groups excluding carboxylic acids is 2. The third kappa shape index (κ3) is 5.26. The van der Waals surface area contributed by atoms with Gasteiger partial charge in [0.05, 0.1) is 23.7 Å². The third-order valence-corrected chi connectivity index (χ3v) is 5.36. The predicted molar refractivity (Wildman–Crippen MR) is 124 cm³/mol. The van der Waals surface area contributed by atoms with E-state index in [-0.39, 0.29) is 18.7 Å². The molecule has 2 amide bonds. The molecule has 0 aliphatic heterocycles. The van der Waals surface area contributed by atoms with E-state index in [4.69, 9.17) is 10.5 Å². The predicted octanol–water partition coefficient (Wildman–Crippen LogP) is 4.15. The van der Waals surface area contributed by atoms with Crippen LogP contribution in [0.25, 0.3) is 22.4 Å². The number of alkyl halides is 3. The van der Waals surface area contributed by atoms with Gasteiger partial charge in [0.15, 0.2) is 0 Å². The van der Waals surface area contributed by atoms with Crippen LogP contribution in [0.3, 0.4) is 0 Å². The second-order valence-corrected chi connectivity index (χ2v) is 7.80. The van der Waals surface area contributed by atoms with E-state index in [1.54, 1.807) is 41.0 Å². The first-order valence-corrected chi connectivity index (χ1v) is 10.5. The van der Waals surface area contributed by atoms with E-state index < -0.39 is 23.6 Å². The molecule has 1 aromatic heterocycles. The summed E-state index contributed by atoms with van der Waals surface area (Å²) < 4.78 is 45.7. The second-order valence-electron chi connectivity index (χ2n) is 7.80. The van der Waals surface area contributed by atoms with Crippen LogP contribution in [0.15, 0.2) is 66.7 Å². The molecule has 1 heterocycles. The maximum atomic E-state index is 12.9. The Labute approximate surface area is 198 Å². The standard InChI is InChI=1S/C25H21F3N4O3/c1-35-19-7-3-5-16(11-19)23-31-20-12-17(8-9-21(20)32(23)14-22(29)33)24(34)30-13-15-4-2-6-18(10-15)25(26,27)28/h2-12H,13-14H2,1H3,(H2,29,33)(H,30,34). The third-order valence-electron chi connectivity index (χ3n) is 5.36. The number of nitrogens with zero attached hydrogens (tertiary/aromatic N) is 2. The summed E-state index contributed by atoms with van der Waals surface area (Å²) >= 11 is 0. The summed E-state index contributed by atoms with van der Waals surface area (Å²) in [4.78, 5) is 29.0. The van der Waals surface area contributed by atoms with E-state index in [0.29, 0.717) is 33.7 Å². The van der Waals surface area contributed by atoms with Gasteiger partial charge in [0, 0.05) is 17.7 Å². The molecular formula is C25H21F3N4O3. The van der Waals surface area contributed by atoms with Crippen LogP contribution in [0.5, 0.6) is 5.75 Å². The monoisotopic (exact) mass is 482 g/mol. The number of hydrogen-bond donors (Lipinski definition) is 2. The molecule has 0 saturated heterocycles. The Bertz CT molecular complexity index is 1410. The summed E-state index contributed by atoms with van der Waals surface area (Å²) in [5, 5.41) is 2.63. The largest absolute Gasteiger partial charge is 0.497 e. The molecule has 3 N–H and O–H groups in total. The molecule has 0 unspecified atom stereocenters. The zero-order valence-corrected chi connectivity index (χ0v) is 18.6. The van der Waals surface area contributed by atoms with Gasteiger partial charge in [-0.15, -0.1) is 0 Å². The maximum absolute atomic E-state index is 12.9. The highest BCUT2D eigenvalue weighted by atomic mass is 19.4. The van der Waals surface area contributed by atoms with Crippen LogP contribution >= 0.6 is 0 Å². The zero-order chi connectivity index (χ0) is 25.2. The Hall–Kier alpha value is -4.34. The van der Waals surface area contributed by atoms with Crippen molar-refractivity contribution >= 4 is 22.8 Å². The van der Waals surface area contributed by atoms with Crippen molar-refractivity contribution in [2.45, 2.75) is 19.3 Å². The second kappa shape index (κ2) is 9.49. The number of rotatable bonds is 7. The van der Waals surface area contributed by atoms with Crippen LogP contribution in [0.2, 0.25) is 0 Å². The van der Waals surface area contributed by atoms with Gasteiger partial charge in [0.2, 0.25) is 5.91 Å². The number of aromatic nitrogens is 2. The van der Waals surface area contributed by atoms with Crippen LogP contribution < -0.4 is 15.8 Å². The van der Waals surface area contributed by atoms with Gasteiger partial charge in [-0.05, 0) is 48.0 Å². The summed E-state index contributed by atoms with van der Waals surface area (Å²) in [6.07, 6.45) is -4.46. The molecule has 180 valence electrons. The molecule has 4 rings (SSSR count).